The van der Waals surface area contributed by atoms with Crippen molar-refractivity contribution in [3.05, 3.63) is 34.9 Å². The zero-order valence-corrected chi connectivity index (χ0v) is 11.0. The lowest BCUT2D eigenvalue weighted by atomic mass is 9.92. The highest BCUT2D eigenvalue weighted by Gasteiger charge is 2.19. The van der Waals surface area contributed by atoms with Gasteiger partial charge in [-0.15, -0.1) is 0 Å². The third kappa shape index (κ3) is 3.29. The number of benzene rings is 1. The van der Waals surface area contributed by atoms with E-state index in [-0.39, 0.29) is 5.56 Å². The first-order valence-electron chi connectivity index (χ1n) is 6.62. The Bertz CT molecular complexity index is 386. The Labute approximate surface area is 107 Å². The summed E-state index contributed by atoms with van der Waals surface area (Å²) >= 11 is 0. The van der Waals surface area contributed by atoms with Gasteiger partial charge in [-0.2, -0.15) is 0 Å². The van der Waals surface area contributed by atoms with Crippen LogP contribution in [0.5, 0.6) is 0 Å². The Morgan fingerprint density at radius 2 is 1.89 bits per heavy atom. The predicted octanol–water partition coefficient (Wildman–Crippen LogP) is 4.02. The number of hydrogen-bond donors (Lipinski definition) is 0. The summed E-state index contributed by atoms with van der Waals surface area (Å²) in [4.78, 5) is 0. The molecule has 1 saturated heterocycles. The molecule has 1 heterocycles. The van der Waals surface area contributed by atoms with Gasteiger partial charge in [-0.05, 0) is 63.1 Å². The molecule has 1 aliphatic rings. The Morgan fingerprint density at radius 3 is 2.44 bits per heavy atom. The highest BCUT2D eigenvalue weighted by Crippen LogP contribution is 2.25. The van der Waals surface area contributed by atoms with Crippen LogP contribution in [0.25, 0.3) is 0 Å². The SMILES string of the molecule is Cc1cc(F)c(CCC2CCC(C)OC2)c(F)c1. The molecule has 1 aliphatic heterocycles. The zero-order valence-electron chi connectivity index (χ0n) is 11.0. The molecule has 2 atom stereocenters. The number of ether oxygens (including phenoxy) is 1. The van der Waals surface area contributed by atoms with Gasteiger partial charge in [0.15, 0.2) is 0 Å². The number of halogens is 2. The fourth-order valence-corrected chi connectivity index (χ4v) is 2.48. The largest absolute Gasteiger partial charge is 0.378 e. The van der Waals surface area contributed by atoms with Crippen LogP contribution in [0, 0.1) is 24.5 Å². The lowest BCUT2D eigenvalue weighted by molar-refractivity contribution is -0.00704. The summed E-state index contributed by atoms with van der Waals surface area (Å²) in [7, 11) is 0. The van der Waals surface area contributed by atoms with Crippen molar-refractivity contribution < 1.29 is 13.5 Å². The van der Waals surface area contributed by atoms with Crippen molar-refractivity contribution in [2.24, 2.45) is 5.92 Å². The summed E-state index contributed by atoms with van der Waals surface area (Å²) in [5.74, 6) is -0.406. The minimum atomic E-state index is -0.419. The highest BCUT2D eigenvalue weighted by molar-refractivity contribution is 5.25. The molecule has 0 aliphatic carbocycles. The average molecular weight is 254 g/mol. The third-order valence-corrected chi connectivity index (χ3v) is 3.69. The second-order valence-electron chi connectivity index (χ2n) is 5.33. The van der Waals surface area contributed by atoms with Crippen LogP contribution in [0.1, 0.15) is 37.3 Å². The standard InChI is InChI=1S/C15H20F2O/c1-10-7-14(16)13(15(17)8-10)6-5-12-4-3-11(2)18-9-12/h7-8,11-12H,3-6,9H2,1-2H3. The summed E-state index contributed by atoms with van der Waals surface area (Å²) in [6.45, 7) is 4.48. The molecular weight excluding hydrogens is 234 g/mol. The Balaban J connectivity index is 1.94. The van der Waals surface area contributed by atoms with E-state index in [4.69, 9.17) is 4.74 Å². The summed E-state index contributed by atoms with van der Waals surface area (Å²) in [6.07, 6.45) is 3.72. The fourth-order valence-electron chi connectivity index (χ4n) is 2.48. The van der Waals surface area contributed by atoms with Gasteiger partial charge >= 0.3 is 0 Å². The van der Waals surface area contributed by atoms with Gasteiger partial charge < -0.3 is 4.74 Å². The van der Waals surface area contributed by atoms with Crippen molar-refractivity contribution >= 4 is 0 Å². The van der Waals surface area contributed by atoms with Crippen molar-refractivity contribution in [3.63, 3.8) is 0 Å². The minimum Gasteiger partial charge on any atom is -0.378 e. The van der Waals surface area contributed by atoms with Gasteiger partial charge in [0.05, 0.1) is 6.10 Å². The molecule has 1 aromatic carbocycles. The van der Waals surface area contributed by atoms with E-state index in [2.05, 4.69) is 6.92 Å². The van der Waals surface area contributed by atoms with Crippen molar-refractivity contribution in [2.45, 2.75) is 45.6 Å². The first-order valence-corrected chi connectivity index (χ1v) is 6.62. The highest BCUT2D eigenvalue weighted by atomic mass is 19.1. The molecule has 0 radical (unpaired) electrons. The minimum absolute atomic E-state index is 0.222. The van der Waals surface area contributed by atoms with Crippen LogP contribution in [-0.2, 0) is 11.2 Å². The average Bonchev–Trinajstić information content (AvgIpc) is 2.30. The molecule has 1 aromatic rings. The van der Waals surface area contributed by atoms with Crippen LogP contribution in [0.4, 0.5) is 8.78 Å². The zero-order chi connectivity index (χ0) is 13.1. The molecule has 18 heavy (non-hydrogen) atoms. The van der Waals surface area contributed by atoms with Crippen molar-refractivity contribution in [1.29, 1.82) is 0 Å². The van der Waals surface area contributed by atoms with Crippen LogP contribution in [0.15, 0.2) is 12.1 Å². The normalized spacial score (nSPS) is 24.2. The van der Waals surface area contributed by atoms with Crippen molar-refractivity contribution in [1.82, 2.24) is 0 Å². The number of aryl methyl sites for hydroxylation is 1. The van der Waals surface area contributed by atoms with E-state index in [1.165, 1.54) is 12.1 Å². The molecule has 0 N–H and O–H groups in total. The predicted molar refractivity (Wildman–Crippen MR) is 67.6 cm³/mol. The fraction of sp³-hybridized carbons (Fsp3) is 0.600. The van der Waals surface area contributed by atoms with Crippen LogP contribution < -0.4 is 0 Å². The summed E-state index contributed by atoms with van der Waals surface area (Å²) in [6, 6.07) is 2.80. The van der Waals surface area contributed by atoms with Gasteiger partial charge in [-0.1, -0.05) is 0 Å². The van der Waals surface area contributed by atoms with Crippen molar-refractivity contribution in [3.8, 4) is 0 Å². The van der Waals surface area contributed by atoms with Crippen LogP contribution in [0.3, 0.4) is 0 Å². The smallest absolute Gasteiger partial charge is 0.129 e. The molecule has 1 nitrogen and oxygen atoms in total. The maximum Gasteiger partial charge on any atom is 0.129 e. The van der Waals surface area contributed by atoms with E-state index < -0.39 is 11.6 Å². The van der Waals surface area contributed by atoms with Crippen LogP contribution in [-0.4, -0.2) is 12.7 Å². The molecule has 2 rings (SSSR count). The Kier molecular flexibility index (Phi) is 4.33. The van der Waals surface area contributed by atoms with Crippen LogP contribution >= 0.6 is 0 Å². The molecule has 1 fully saturated rings. The molecular formula is C15H20F2O. The first-order chi connectivity index (χ1) is 8.56. The molecule has 0 spiro atoms. The molecule has 0 saturated carbocycles. The first kappa shape index (κ1) is 13.5. The maximum absolute atomic E-state index is 13.7. The van der Waals surface area contributed by atoms with Gasteiger partial charge in [0.1, 0.15) is 11.6 Å². The lowest BCUT2D eigenvalue weighted by Gasteiger charge is -2.26. The summed E-state index contributed by atoms with van der Waals surface area (Å²) < 4.78 is 32.9. The molecule has 0 bridgehead atoms. The monoisotopic (exact) mass is 254 g/mol. The van der Waals surface area contributed by atoms with Gasteiger partial charge in [-0.25, -0.2) is 8.78 Å². The maximum atomic E-state index is 13.7. The second-order valence-corrected chi connectivity index (χ2v) is 5.33. The number of hydrogen-bond acceptors (Lipinski definition) is 1. The van der Waals surface area contributed by atoms with E-state index in [9.17, 15) is 8.78 Å². The lowest BCUT2D eigenvalue weighted by Crippen LogP contribution is -2.24. The quantitative estimate of drug-likeness (QED) is 0.791. The van der Waals surface area contributed by atoms with E-state index in [1.807, 2.05) is 0 Å². The van der Waals surface area contributed by atoms with E-state index in [0.29, 0.717) is 24.0 Å². The second kappa shape index (κ2) is 5.79. The van der Waals surface area contributed by atoms with Crippen molar-refractivity contribution in [2.75, 3.05) is 6.61 Å². The summed E-state index contributed by atoms with van der Waals surface area (Å²) in [5, 5.41) is 0. The van der Waals surface area contributed by atoms with Gasteiger partial charge in [0.25, 0.3) is 0 Å². The topological polar surface area (TPSA) is 9.23 Å². The Morgan fingerprint density at radius 1 is 1.22 bits per heavy atom. The van der Waals surface area contributed by atoms with E-state index >= 15 is 0 Å². The summed E-state index contributed by atoms with van der Waals surface area (Å²) in [5.41, 5.74) is 0.850. The van der Waals surface area contributed by atoms with Gasteiger partial charge in [0.2, 0.25) is 0 Å². The molecule has 2 unspecified atom stereocenters. The molecule has 100 valence electrons. The van der Waals surface area contributed by atoms with E-state index in [1.54, 1.807) is 6.92 Å². The van der Waals surface area contributed by atoms with E-state index in [0.717, 1.165) is 25.9 Å². The van der Waals surface area contributed by atoms with Gasteiger partial charge in [0, 0.05) is 12.2 Å². The number of rotatable bonds is 3. The third-order valence-electron chi connectivity index (χ3n) is 3.69. The molecule has 0 aromatic heterocycles. The Hall–Kier alpha value is -0.960. The molecule has 0 amide bonds. The molecule has 3 heteroatoms. The van der Waals surface area contributed by atoms with Crippen LogP contribution in [0.2, 0.25) is 0 Å². The van der Waals surface area contributed by atoms with Gasteiger partial charge in [-0.3, -0.25) is 0 Å².